The first kappa shape index (κ1) is 19.9. The number of thiophene rings is 1. The minimum absolute atomic E-state index is 0.0188. The Morgan fingerprint density at radius 3 is 2.81 bits per heavy atom. The van der Waals surface area contributed by atoms with Crippen LogP contribution in [0.5, 0.6) is 0 Å². The summed E-state index contributed by atoms with van der Waals surface area (Å²) in [7, 11) is 0. The van der Waals surface area contributed by atoms with Crippen molar-refractivity contribution in [3.8, 4) is 10.6 Å². The molecule has 2 amide bonds. The second-order valence-electron chi connectivity index (χ2n) is 7.62. The predicted molar refractivity (Wildman–Crippen MR) is 127 cm³/mol. The minimum atomic E-state index is -0.205. The zero-order chi connectivity index (χ0) is 21.2. The van der Waals surface area contributed by atoms with E-state index in [0.717, 1.165) is 44.2 Å². The number of nitrogens with zero attached hydrogens (tertiary/aromatic N) is 2. The van der Waals surface area contributed by atoms with Gasteiger partial charge in [0, 0.05) is 24.3 Å². The summed E-state index contributed by atoms with van der Waals surface area (Å²) in [5, 5.41) is 5.89. The van der Waals surface area contributed by atoms with E-state index in [2.05, 4.69) is 11.4 Å². The van der Waals surface area contributed by atoms with Crippen LogP contribution in [0.25, 0.3) is 20.8 Å². The summed E-state index contributed by atoms with van der Waals surface area (Å²) in [6, 6.07) is 19.6. The van der Waals surface area contributed by atoms with Crippen LogP contribution in [0.2, 0.25) is 0 Å². The van der Waals surface area contributed by atoms with Gasteiger partial charge in [0.25, 0.3) is 5.91 Å². The molecule has 7 heteroatoms. The minimum Gasteiger partial charge on any atom is -0.337 e. The molecule has 0 spiro atoms. The fourth-order valence-corrected chi connectivity index (χ4v) is 5.55. The van der Waals surface area contributed by atoms with Gasteiger partial charge in [0.15, 0.2) is 0 Å². The SMILES string of the molecule is O=C(Nc1cccc(-c2nc3ccccc3s2)c1)C1CCCN(C(=O)c2cccs2)C1. The number of thiazole rings is 1. The monoisotopic (exact) mass is 447 g/mol. The zero-order valence-electron chi connectivity index (χ0n) is 16.8. The number of likely N-dealkylation sites (tertiary alicyclic amines) is 1. The summed E-state index contributed by atoms with van der Waals surface area (Å²) in [6.45, 7) is 1.16. The molecule has 2 aromatic heterocycles. The Balaban J connectivity index is 1.29. The molecule has 1 aliphatic rings. The molecule has 156 valence electrons. The summed E-state index contributed by atoms with van der Waals surface area (Å²) in [5.74, 6) is -0.223. The maximum Gasteiger partial charge on any atom is 0.263 e. The van der Waals surface area contributed by atoms with E-state index in [0.29, 0.717) is 13.1 Å². The molecule has 0 saturated carbocycles. The van der Waals surface area contributed by atoms with Crippen LogP contribution < -0.4 is 5.32 Å². The van der Waals surface area contributed by atoms with E-state index in [-0.39, 0.29) is 17.7 Å². The number of benzene rings is 2. The van der Waals surface area contributed by atoms with Gasteiger partial charge in [-0.2, -0.15) is 0 Å². The summed E-state index contributed by atoms with van der Waals surface area (Å²) in [6.07, 6.45) is 1.62. The smallest absolute Gasteiger partial charge is 0.263 e. The number of piperidine rings is 1. The highest BCUT2D eigenvalue weighted by Crippen LogP contribution is 2.31. The van der Waals surface area contributed by atoms with E-state index in [1.165, 1.54) is 11.3 Å². The summed E-state index contributed by atoms with van der Waals surface area (Å²) >= 11 is 3.08. The van der Waals surface area contributed by atoms with E-state index >= 15 is 0 Å². The molecule has 2 aromatic carbocycles. The molecular weight excluding hydrogens is 426 g/mol. The molecule has 1 aliphatic heterocycles. The van der Waals surface area contributed by atoms with Gasteiger partial charge in [0.1, 0.15) is 5.01 Å². The van der Waals surface area contributed by atoms with Crippen LogP contribution in [-0.2, 0) is 4.79 Å². The highest BCUT2D eigenvalue weighted by Gasteiger charge is 2.29. The van der Waals surface area contributed by atoms with Gasteiger partial charge in [0.05, 0.1) is 21.0 Å². The Labute approximate surface area is 188 Å². The van der Waals surface area contributed by atoms with Crippen molar-refractivity contribution < 1.29 is 9.59 Å². The van der Waals surface area contributed by atoms with Crippen molar-refractivity contribution >= 4 is 50.4 Å². The van der Waals surface area contributed by atoms with Crippen LogP contribution in [0.3, 0.4) is 0 Å². The summed E-state index contributed by atoms with van der Waals surface area (Å²) in [4.78, 5) is 32.9. The number of carbonyl (C=O) groups excluding carboxylic acids is 2. The number of para-hydroxylation sites is 1. The number of carbonyl (C=O) groups is 2. The fourth-order valence-electron chi connectivity index (χ4n) is 3.90. The third-order valence-electron chi connectivity index (χ3n) is 5.48. The molecule has 1 unspecified atom stereocenters. The lowest BCUT2D eigenvalue weighted by Crippen LogP contribution is -2.43. The molecule has 5 nitrogen and oxygen atoms in total. The van der Waals surface area contributed by atoms with Crippen molar-refractivity contribution in [1.29, 1.82) is 0 Å². The average Bonchev–Trinajstić information content (AvgIpc) is 3.49. The molecule has 1 atom stereocenters. The van der Waals surface area contributed by atoms with Crippen LogP contribution in [0.4, 0.5) is 5.69 Å². The normalized spacial score (nSPS) is 16.4. The molecule has 5 rings (SSSR count). The van der Waals surface area contributed by atoms with Gasteiger partial charge in [-0.15, -0.1) is 22.7 Å². The topological polar surface area (TPSA) is 62.3 Å². The number of hydrogen-bond donors (Lipinski definition) is 1. The fraction of sp³-hybridized carbons (Fsp3) is 0.208. The number of hydrogen-bond acceptors (Lipinski definition) is 5. The van der Waals surface area contributed by atoms with Crippen LogP contribution in [0.1, 0.15) is 22.5 Å². The van der Waals surface area contributed by atoms with Crippen molar-refractivity contribution in [3.63, 3.8) is 0 Å². The largest absolute Gasteiger partial charge is 0.337 e. The van der Waals surface area contributed by atoms with Gasteiger partial charge in [-0.25, -0.2) is 4.98 Å². The van der Waals surface area contributed by atoms with Gasteiger partial charge in [-0.1, -0.05) is 30.3 Å². The molecule has 3 heterocycles. The van der Waals surface area contributed by atoms with E-state index < -0.39 is 0 Å². The Bertz CT molecular complexity index is 1200. The molecule has 4 aromatic rings. The van der Waals surface area contributed by atoms with Crippen molar-refractivity contribution in [3.05, 3.63) is 70.9 Å². The van der Waals surface area contributed by atoms with Crippen molar-refractivity contribution in [1.82, 2.24) is 9.88 Å². The third-order valence-corrected chi connectivity index (χ3v) is 7.43. The first-order valence-electron chi connectivity index (χ1n) is 10.3. The van der Waals surface area contributed by atoms with Crippen LogP contribution in [0, 0.1) is 5.92 Å². The maximum absolute atomic E-state index is 13.0. The molecule has 0 bridgehead atoms. The Kier molecular flexibility index (Phi) is 5.53. The zero-order valence-corrected chi connectivity index (χ0v) is 18.4. The molecule has 1 fully saturated rings. The van der Waals surface area contributed by atoms with E-state index in [1.807, 2.05) is 60.0 Å². The highest BCUT2D eigenvalue weighted by molar-refractivity contribution is 7.21. The van der Waals surface area contributed by atoms with Gasteiger partial charge >= 0.3 is 0 Å². The number of fused-ring (bicyclic) bond motifs is 1. The molecule has 1 N–H and O–H groups in total. The number of anilines is 1. The van der Waals surface area contributed by atoms with E-state index in [9.17, 15) is 9.59 Å². The summed E-state index contributed by atoms with van der Waals surface area (Å²) in [5.41, 5.74) is 2.72. The Hall–Kier alpha value is -3.03. The second kappa shape index (κ2) is 8.61. The standard InChI is InChI=1S/C24H21N3O2S2/c28-22(17-7-4-12-27(15-17)24(29)21-11-5-13-30-21)25-18-8-3-6-16(14-18)23-26-19-9-1-2-10-20(19)31-23/h1-3,5-6,8-11,13-14,17H,4,7,12,15H2,(H,25,28). The third kappa shape index (κ3) is 4.24. The van der Waals surface area contributed by atoms with Gasteiger partial charge in [-0.05, 0) is 48.6 Å². The Morgan fingerprint density at radius 1 is 1.06 bits per heavy atom. The van der Waals surface area contributed by atoms with E-state index in [1.54, 1.807) is 16.2 Å². The van der Waals surface area contributed by atoms with Crippen LogP contribution in [0.15, 0.2) is 66.0 Å². The Morgan fingerprint density at radius 2 is 1.97 bits per heavy atom. The van der Waals surface area contributed by atoms with Crippen LogP contribution >= 0.6 is 22.7 Å². The molecule has 1 saturated heterocycles. The lowest BCUT2D eigenvalue weighted by Gasteiger charge is -2.31. The highest BCUT2D eigenvalue weighted by atomic mass is 32.1. The number of rotatable bonds is 4. The number of aromatic nitrogens is 1. The van der Waals surface area contributed by atoms with Gasteiger partial charge in [-0.3, -0.25) is 9.59 Å². The van der Waals surface area contributed by atoms with Crippen molar-refractivity contribution in [2.75, 3.05) is 18.4 Å². The molecule has 0 radical (unpaired) electrons. The first-order chi connectivity index (χ1) is 15.2. The molecular formula is C24H21N3O2S2. The van der Waals surface area contributed by atoms with Gasteiger partial charge < -0.3 is 10.2 Å². The predicted octanol–water partition coefficient (Wildman–Crippen LogP) is 5.52. The lowest BCUT2D eigenvalue weighted by molar-refractivity contribution is -0.121. The lowest BCUT2D eigenvalue weighted by atomic mass is 9.96. The summed E-state index contributed by atoms with van der Waals surface area (Å²) < 4.78 is 1.14. The van der Waals surface area contributed by atoms with E-state index in [4.69, 9.17) is 4.98 Å². The van der Waals surface area contributed by atoms with Gasteiger partial charge in [0.2, 0.25) is 5.91 Å². The molecule has 0 aliphatic carbocycles. The maximum atomic E-state index is 13.0. The van der Waals surface area contributed by atoms with Crippen LogP contribution in [-0.4, -0.2) is 34.8 Å². The number of amides is 2. The first-order valence-corrected chi connectivity index (χ1v) is 12.0. The quantitative estimate of drug-likeness (QED) is 0.448. The average molecular weight is 448 g/mol. The van der Waals surface area contributed by atoms with Crippen molar-refractivity contribution in [2.24, 2.45) is 5.92 Å². The van der Waals surface area contributed by atoms with Crippen molar-refractivity contribution in [2.45, 2.75) is 12.8 Å². The second-order valence-corrected chi connectivity index (χ2v) is 9.60. The molecule has 31 heavy (non-hydrogen) atoms. The number of nitrogens with one attached hydrogen (secondary N) is 1.